The summed E-state index contributed by atoms with van der Waals surface area (Å²) in [7, 11) is -3.45. The summed E-state index contributed by atoms with van der Waals surface area (Å²) in [6.45, 7) is 0.128. The lowest BCUT2D eigenvalue weighted by molar-refractivity contribution is 0.597. The Morgan fingerprint density at radius 1 is 1.20 bits per heavy atom. The molecule has 0 amide bonds. The number of nitrogens with two attached hydrogens (primary N) is 1. The van der Waals surface area contributed by atoms with Gasteiger partial charge in [0.1, 0.15) is 0 Å². The largest absolute Gasteiger partial charge is 0.398 e. The van der Waals surface area contributed by atoms with Gasteiger partial charge >= 0.3 is 0 Å². The molecule has 104 valence electrons. The molecular formula is C14H15N3O2S. The molecule has 0 aliphatic rings. The van der Waals surface area contributed by atoms with Gasteiger partial charge < -0.3 is 5.73 Å². The molecule has 20 heavy (non-hydrogen) atoms. The molecule has 0 saturated carbocycles. The van der Waals surface area contributed by atoms with Gasteiger partial charge in [0.15, 0.2) is 0 Å². The Kier molecular flexibility index (Phi) is 3.81. The Balaban J connectivity index is 2.66. The van der Waals surface area contributed by atoms with Gasteiger partial charge in [-0.3, -0.25) is 4.31 Å². The molecule has 0 unspecified atom stereocenters. The van der Waals surface area contributed by atoms with Gasteiger partial charge in [0, 0.05) is 23.0 Å². The molecule has 0 aromatic heterocycles. The summed E-state index contributed by atoms with van der Waals surface area (Å²) in [5, 5.41) is 10.3. The fourth-order valence-corrected chi connectivity index (χ4v) is 3.08. The molecule has 0 aliphatic carbocycles. The molecule has 5 nitrogen and oxygen atoms in total. The number of sulfonamides is 1. The van der Waals surface area contributed by atoms with Crippen molar-refractivity contribution in [3.05, 3.63) is 36.4 Å². The number of nitrogen functional groups attached to an aromatic ring is 1. The number of hydrogen-bond donors (Lipinski definition) is 1. The molecule has 0 fully saturated rings. The maximum atomic E-state index is 12.0. The average molecular weight is 289 g/mol. The molecule has 2 aromatic carbocycles. The fraction of sp³-hybridized carbons (Fsp3) is 0.214. The Labute approximate surface area is 118 Å². The van der Waals surface area contributed by atoms with E-state index in [4.69, 9.17) is 11.0 Å². The maximum Gasteiger partial charge on any atom is 0.232 e. The normalized spacial score (nSPS) is 11.2. The Morgan fingerprint density at radius 3 is 2.45 bits per heavy atom. The second-order valence-corrected chi connectivity index (χ2v) is 6.37. The van der Waals surface area contributed by atoms with E-state index in [1.165, 1.54) is 4.31 Å². The van der Waals surface area contributed by atoms with Gasteiger partial charge in [0.25, 0.3) is 0 Å². The molecule has 0 bridgehead atoms. The van der Waals surface area contributed by atoms with Gasteiger partial charge in [0.2, 0.25) is 10.0 Å². The number of hydrogen-bond acceptors (Lipinski definition) is 4. The number of benzene rings is 2. The van der Waals surface area contributed by atoms with Crippen LogP contribution in [0.5, 0.6) is 0 Å². The SMILES string of the molecule is CS(=O)(=O)N(CCC#N)c1ccc(N)c2ccccc12. The molecule has 2 rings (SSSR count). The molecule has 6 heteroatoms. The maximum absolute atomic E-state index is 12.0. The van der Waals surface area contributed by atoms with Crippen LogP contribution in [0.1, 0.15) is 6.42 Å². The first-order chi connectivity index (χ1) is 9.45. The lowest BCUT2D eigenvalue weighted by Crippen LogP contribution is -2.30. The third-order valence-corrected chi connectivity index (χ3v) is 4.21. The van der Waals surface area contributed by atoms with Crippen molar-refractivity contribution in [1.29, 1.82) is 5.26 Å². The van der Waals surface area contributed by atoms with Crippen LogP contribution < -0.4 is 10.0 Å². The number of rotatable bonds is 4. The van der Waals surface area contributed by atoms with E-state index in [-0.39, 0.29) is 13.0 Å². The molecule has 0 spiro atoms. The summed E-state index contributed by atoms with van der Waals surface area (Å²) in [5.41, 5.74) is 7.06. The van der Waals surface area contributed by atoms with Crippen LogP contribution in [0.2, 0.25) is 0 Å². The molecule has 0 saturated heterocycles. The minimum atomic E-state index is -3.45. The molecule has 2 aromatic rings. The Morgan fingerprint density at radius 2 is 1.85 bits per heavy atom. The molecule has 0 atom stereocenters. The lowest BCUT2D eigenvalue weighted by Gasteiger charge is -2.23. The number of anilines is 2. The minimum Gasteiger partial charge on any atom is -0.398 e. The smallest absolute Gasteiger partial charge is 0.232 e. The monoisotopic (exact) mass is 289 g/mol. The van der Waals surface area contributed by atoms with E-state index in [0.29, 0.717) is 11.4 Å². The van der Waals surface area contributed by atoms with Crippen molar-refractivity contribution in [2.45, 2.75) is 6.42 Å². The zero-order valence-electron chi connectivity index (χ0n) is 11.1. The van der Waals surface area contributed by atoms with Crippen molar-refractivity contribution >= 4 is 32.2 Å². The topological polar surface area (TPSA) is 87.2 Å². The average Bonchev–Trinajstić information content (AvgIpc) is 2.40. The summed E-state index contributed by atoms with van der Waals surface area (Å²) in [6.07, 6.45) is 1.27. The van der Waals surface area contributed by atoms with E-state index < -0.39 is 10.0 Å². The van der Waals surface area contributed by atoms with E-state index in [9.17, 15) is 8.42 Å². The van der Waals surface area contributed by atoms with Crippen molar-refractivity contribution in [2.75, 3.05) is 22.8 Å². The van der Waals surface area contributed by atoms with Crippen LogP contribution in [-0.4, -0.2) is 21.2 Å². The van der Waals surface area contributed by atoms with E-state index in [0.717, 1.165) is 17.0 Å². The van der Waals surface area contributed by atoms with Crippen molar-refractivity contribution in [3.63, 3.8) is 0 Å². The third-order valence-electron chi connectivity index (χ3n) is 3.03. The highest BCUT2D eigenvalue weighted by molar-refractivity contribution is 7.92. The van der Waals surface area contributed by atoms with E-state index in [2.05, 4.69) is 0 Å². The molecular weight excluding hydrogens is 274 g/mol. The quantitative estimate of drug-likeness (QED) is 0.873. The van der Waals surface area contributed by atoms with Crippen molar-refractivity contribution < 1.29 is 8.42 Å². The molecule has 0 aliphatic heterocycles. The van der Waals surface area contributed by atoms with Gasteiger partial charge in [0.05, 0.1) is 24.4 Å². The fourth-order valence-electron chi connectivity index (χ4n) is 2.14. The number of nitriles is 1. The predicted molar refractivity (Wildman–Crippen MR) is 80.8 cm³/mol. The minimum absolute atomic E-state index is 0.128. The van der Waals surface area contributed by atoms with E-state index >= 15 is 0 Å². The van der Waals surface area contributed by atoms with Gasteiger partial charge in [-0.25, -0.2) is 8.42 Å². The van der Waals surface area contributed by atoms with Crippen LogP contribution in [0.4, 0.5) is 11.4 Å². The second kappa shape index (κ2) is 5.39. The van der Waals surface area contributed by atoms with Crippen LogP contribution >= 0.6 is 0 Å². The predicted octanol–water partition coefficient (Wildman–Crippen LogP) is 2.10. The van der Waals surface area contributed by atoms with Gasteiger partial charge in [-0.15, -0.1) is 0 Å². The van der Waals surface area contributed by atoms with Gasteiger partial charge in [-0.1, -0.05) is 24.3 Å². The van der Waals surface area contributed by atoms with Crippen molar-refractivity contribution in [2.24, 2.45) is 0 Å². The van der Waals surface area contributed by atoms with Crippen LogP contribution in [0.25, 0.3) is 10.8 Å². The summed E-state index contributed by atoms with van der Waals surface area (Å²) in [6, 6.07) is 12.7. The standard InChI is InChI=1S/C14H15N3O2S/c1-20(18,19)17(10-4-9-15)14-8-7-13(16)11-5-2-3-6-12(11)14/h2-3,5-8H,4,10,16H2,1H3. The zero-order chi connectivity index (χ0) is 14.8. The first-order valence-electron chi connectivity index (χ1n) is 6.07. The second-order valence-electron chi connectivity index (χ2n) is 4.46. The van der Waals surface area contributed by atoms with Crippen LogP contribution in [0.15, 0.2) is 36.4 Å². The first kappa shape index (κ1) is 14.2. The number of nitrogens with zero attached hydrogens (tertiary/aromatic N) is 2. The summed E-state index contributed by atoms with van der Waals surface area (Å²) in [4.78, 5) is 0. The Bertz CT molecular complexity index is 779. The summed E-state index contributed by atoms with van der Waals surface area (Å²) < 4.78 is 25.2. The van der Waals surface area contributed by atoms with E-state index in [1.807, 2.05) is 30.3 Å². The summed E-state index contributed by atoms with van der Waals surface area (Å²) >= 11 is 0. The lowest BCUT2D eigenvalue weighted by atomic mass is 10.1. The van der Waals surface area contributed by atoms with Gasteiger partial charge in [-0.2, -0.15) is 5.26 Å². The highest BCUT2D eigenvalue weighted by atomic mass is 32.2. The molecule has 0 radical (unpaired) electrons. The van der Waals surface area contributed by atoms with Crippen LogP contribution in [0.3, 0.4) is 0 Å². The third kappa shape index (κ3) is 2.68. The number of fused-ring (bicyclic) bond motifs is 1. The van der Waals surface area contributed by atoms with E-state index in [1.54, 1.807) is 12.1 Å². The summed E-state index contributed by atoms with van der Waals surface area (Å²) in [5.74, 6) is 0. The highest BCUT2D eigenvalue weighted by Gasteiger charge is 2.19. The van der Waals surface area contributed by atoms with Crippen molar-refractivity contribution in [1.82, 2.24) is 0 Å². The van der Waals surface area contributed by atoms with Crippen LogP contribution in [0, 0.1) is 11.3 Å². The van der Waals surface area contributed by atoms with Crippen molar-refractivity contribution in [3.8, 4) is 6.07 Å². The molecule has 2 N–H and O–H groups in total. The highest BCUT2D eigenvalue weighted by Crippen LogP contribution is 2.32. The van der Waals surface area contributed by atoms with Crippen LogP contribution in [-0.2, 0) is 10.0 Å². The zero-order valence-corrected chi connectivity index (χ0v) is 11.9. The molecule has 0 heterocycles. The Hall–Kier alpha value is -2.26. The first-order valence-corrected chi connectivity index (χ1v) is 7.92. The van der Waals surface area contributed by atoms with Gasteiger partial charge in [-0.05, 0) is 12.1 Å².